The molecule has 1 aliphatic carbocycles. The van der Waals surface area contributed by atoms with E-state index in [1.54, 1.807) is 36.4 Å². The van der Waals surface area contributed by atoms with E-state index in [0.29, 0.717) is 27.7 Å². The third kappa shape index (κ3) is 10.9. The molecule has 0 atom stereocenters. The summed E-state index contributed by atoms with van der Waals surface area (Å²) < 4.78 is 162. The van der Waals surface area contributed by atoms with Gasteiger partial charge in [0, 0.05) is 51.2 Å². The Bertz CT molecular complexity index is 3680. The maximum Gasteiger partial charge on any atom is 0.407 e. The van der Waals surface area contributed by atoms with Gasteiger partial charge in [0.2, 0.25) is 0 Å². The Hall–Kier alpha value is -7.40. The van der Waals surface area contributed by atoms with Crippen LogP contribution in [0.25, 0.3) is 33.4 Å². The van der Waals surface area contributed by atoms with E-state index in [4.69, 9.17) is 14.1 Å². The summed E-state index contributed by atoms with van der Waals surface area (Å²) in [5.74, 6) is -13.0. The zero-order valence-electron chi connectivity index (χ0n) is 38.9. The number of halogens is 4. The molecule has 22 heteroatoms. The van der Waals surface area contributed by atoms with E-state index < -0.39 is 92.3 Å². The SMILES string of the molecule is C=C(C)C(=O)OCCNC(=O)OCCS(=O)(=O)c1c(F)c(F)c(S(=O)(=O)NS(=O)(=O)c2ccccc2-c2c3ccc(=Nc4c(C)cccc4C)cc-3oc3cc(Nc4c(C)cccc4C)ccc23)c(F)c1F. The fourth-order valence-corrected chi connectivity index (χ4v) is 12.1. The summed E-state index contributed by atoms with van der Waals surface area (Å²) in [6.07, 6.45) is -1.28. The van der Waals surface area contributed by atoms with Gasteiger partial charge in [-0.05, 0) is 87.2 Å². The fraction of sp³-hybridized carbons (Fsp3) is 0.180. The van der Waals surface area contributed by atoms with E-state index in [0.717, 1.165) is 34.0 Å². The Labute approximate surface area is 411 Å². The number of sulfonamides is 2. The molecule has 1 amide bonds. The Kier molecular flexibility index (Phi) is 15.1. The molecule has 5 aromatic rings. The highest BCUT2D eigenvalue weighted by molar-refractivity contribution is 8.04. The molecule has 1 aliphatic heterocycles. The van der Waals surface area contributed by atoms with Crippen molar-refractivity contribution >= 4 is 70.0 Å². The van der Waals surface area contributed by atoms with Crippen molar-refractivity contribution in [3.63, 3.8) is 0 Å². The minimum Gasteiger partial charge on any atom is -0.460 e. The van der Waals surface area contributed by atoms with Gasteiger partial charge in [0.1, 0.15) is 29.5 Å². The Balaban J connectivity index is 1.26. The molecule has 376 valence electrons. The summed E-state index contributed by atoms with van der Waals surface area (Å²) >= 11 is 0. The van der Waals surface area contributed by atoms with Crippen LogP contribution in [0.15, 0.2) is 133 Å². The predicted octanol–water partition coefficient (Wildman–Crippen LogP) is 9.26. The molecule has 5 aromatic carbocycles. The fourth-order valence-electron chi connectivity index (χ4n) is 7.64. The van der Waals surface area contributed by atoms with Crippen molar-refractivity contribution < 1.29 is 66.3 Å². The number of anilines is 2. The van der Waals surface area contributed by atoms with Crippen molar-refractivity contribution in [1.82, 2.24) is 9.44 Å². The van der Waals surface area contributed by atoms with E-state index in [9.17, 15) is 34.8 Å². The average Bonchev–Trinajstić information content (AvgIpc) is 3.30. The standard InChI is InChI=1S/C50H44F4N4O11S3/c1-27(2)49(59)67-22-21-55-50(60)68-23-24-70(61,62)47-41(51)43(53)48(44(54)42(47)52)72(65,66)58-71(63,64)39-16-8-7-15-36(39)40-34-19-17-32(56-45-28(3)11-9-12-29(45)4)25-37(34)69-38-26-33(18-20-35(38)40)57-46-30(5)13-10-14-31(46)6/h7-20,25-26,56,58H,1,21-24H2,2-6H3,(H,55,60). The number of nitrogens with one attached hydrogen (secondary N) is 3. The summed E-state index contributed by atoms with van der Waals surface area (Å²) in [5.41, 5.74) is 6.43. The van der Waals surface area contributed by atoms with Gasteiger partial charge in [-0.15, -0.1) is 4.13 Å². The van der Waals surface area contributed by atoms with E-state index in [1.165, 1.54) is 29.3 Å². The number of esters is 1. The quantitative estimate of drug-likeness (QED) is 0.0206. The van der Waals surface area contributed by atoms with Crippen LogP contribution in [-0.4, -0.2) is 62.8 Å². The van der Waals surface area contributed by atoms with Crippen LogP contribution in [-0.2, 0) is 44.2 Å². The summed E-state index contributed by atoms with van der Waals surface area (Å²) in [5, 5.41) is 6.27. The number of hydrogen-bond acceptors (Lipinski definition) is 13. The Morgan fingerprint density at radius 3 is 1.93 bits per heavy atom. The molecule has 7 rings (SSSR count). The van der Waals surface area contributed by atoms with E-state index in [2.05, 4.69) is 21.9 Å². The number of aryl methyl sites for hydroxylation is 4. The number of alkyl carbamates (subject to hydrolysis) is 1. The minimum atomic E-state index is -6.17. The number of nitrogens with zero attached hydrogens (tertiary/aromatic N) is 1. The van der Waals surface area contributed by atoms with Crippen molar-refractivity contribution in [2.24, 2.45) is 4.99 Å². The summed E-state index contributed by atoms with van der Waals surface area (Å²) in [4.78, 5) is 22.7. The molecular weight excluding hydrogens is 1000 g/mol. The summed E-state index contributed by atoms with van der Waals surface area (Å²) in [6.45, 7) is 10.6. The lowest BCUT2D eigenvalue weighted by atomic mass is 9.93. The second-order valence-electron chi connectivity index (χ2n) is 16.4. The third-order valence-electron chi connectivity index (χ3n) is 11.1. The van der Waals surface area contributed by atoms with Crippen molar-refractivity contribution in [3.05, 3.63) is 160 Å². The summed E-state index contributed by atoms with van der Waals surface area (Å²) in [7, 11) is -17.1. The lowest BCUT2D eigenvalue weighted by molar-refractivity contribution is -0.138. The van der Waals surface area contributed by atoms with Crippen LogP contribution in [0, 0.1) is 51.0 Å². The van der Waals surface area contributed by atoms with Gasteiger partial charge in [-0.3, -0.25) is 0 Å². The molecule has 1 heterocycles. The van der Waals surface area contributed by atoms with Crippen LogP contribution in [0.2, 0.25) is 0 Å². The van der Waals surface area contributed by atoms with Crippen LogP contribution in [0.3, 0.4) is 0 Å². The summed E-state index contributed by atoms with van der Waals surface area (Å²) in [6, 6.07) is 26.4. The number of carbonyl (C=O) groups is 2. The highest BCUT2D eigenvalue weighted by Gasteiger charge is 2.40. The monoisotopic (exact) mass is 1050 g/mol. The van der Waals surface area contributed by atoms with Crippen LogP contribution in [0.1, 0.15) is 29.2 Å². The molecule has 0 saturated heterocycles. The van der Waals surface area contributed by atoms with E-state index in [1.807, 2.05) is 64.1 Å². The minimum absolute atomic E-state index is 0.0696. The number of rotatable bonds is 16. The zero-order valence-corrected chi connectivity index (χ0v) is 41.4. The third-order valence-corrected chi connectivity index (χ3v) is 16.4. The van der Waals surface area contributed by atoms with Gasteiger partial charge in [-0.1, -0.05) is 61.2 Å². The number of fused-ring (bicyclic) bond motifs is 2. The smallest absolute Gasteiger partial charge is 0.407 e. The molecule has 0 radical (unpaired) electrons. The normalized spacial score (nSPS) is 12.3. The lowest BCUT2D eigenvalue weighted by Crippen LogP contribution is -2.33. The van der Waals surface area contributed by atoms with Crippen LogP contribution < -0.4 is 20.1 Å². The second kappa shape index (κ2) is 20.7. The molecule has 15 nitrogen and oxygen atoms in total. The number of benzene rings is 6. The van der Waals surface area contributed by atoms with Crippen molar-refractivity contribution in [2.75, 3.05) is 30.8 Å². The molecule has 0 fully saturated rings. The average molecular weight is 1050 g/mol. The molecule has 0 saturated carbocycles. The topological polar surface area (TPSA) is 217 Å². The van der Waals surface area contributed by atoms with Crippen LogP contribution >= 0.6 is 0 Å². The molecule has 2 aliphatic rings. The van der Waals surface area contributed by atoms with Crippen molar-refractivity contribution in [3.8, 4) is 22.5 Å². The highest BCUT2D eigenvalue weighted by Crippen LogP contribution is 2.43. The molecular formula is C50H44F4N4O11S3. The first-order valence-electron chi connectivity index (χ1n) is 21.6. The number of ether oxygens (including phenoxy) is 2. The molecule has 0 spiro atoms. The van der Waals surface area contributed by atoms with Gasteiger partial charge in [0.05, 0.1) is 28.2 Å². The first-order valence-corrected chi connectivity index (χ1v) is 26.2. The zero-order chi connectivity index (χ0) is 52.4. The largest absolute Gasteiger partial charge is 0.460 e. The predicted molar refractivity (Wildman–Crippen MR) is 260 cm³/mol. The molecule has 72 heavy (non-hydrogen) atoms. The molecule has 3 N–H and O–H groups in total. The maximum absolute atomic E-state index is 15.7. The van der Waals surface area contributed by atoms with Gasteiger partial charge >= 0.3 is 12.1 Å². The van der Waals surface area contributed by atoms with Gasteiger partial charge in [0.25, 0.3) is 20.0 Å². The molecule has 0 aromatic heterocycles. The first-order chi connectivity index (χ1) is 33.9. The van der Waals surface area contributed by atoms with Crippen molar-refractivity contribution in [1.29, 1.82) is 0 Å². The number of para-hydroxylation sites is 2. The number of sulfone groups is 1. The number of carbonyl (C=O) groups excluding carboxylic acids is 2. The number of amides is 1. The van der Waals surface area contributed by atoms with Crippen molar-refractivity contribution in [2.45, 2.75) is 49.3 Å². The van der Waals surface area contributed by atoms with Crippen LogP contribution in [0.4, 0.5) is 39.4 Å². The van der Waals surface area contributed by atoms with E-state index >= 15 is 17.6 Å². The van der Waals surface area contributed by atoms with Gasteiger partial charge < -0.3 is 24.5 Å². The maximum atomic E-state index is 15.7. The highest BCUT2D eigenvalue weighted by atomic mass is 32.3. The van der Waals surface area contributed by atoms with Gasteiger partial charge in [0.15, 0.2) is 38.0 Å². The first kappa shape index (κ1) is 52.4. The lowest BCUT2D eigenvalue weighted by Gasteiger charge is -2.19. The van der Waals surface area contributed by atoms with Crippen LogP contribution in [0.5, 0.6) is 0 Å². The number of hydrogen-bond donors (Lipinski definition) is 3. The Morgan fingerprint density at radius 1 is 0.681 bits per heavy atom. The second-order valence-corrected chi connectivity index (χ2v) is 22.0. The van der Waals surface area contributed by atoms with E-state index in [-0.39, 0.29) is 41.2 Å². The molecule has 0 unspecified atom stereocenters. The molecule has 0 bridgehead atoms. The van der Waals surface area contributed by atoms with Gasteiger partial charge in [-0.2, -0.15) is 0 Å². The van der Waals surface area contributed by atoms with Gasteiger partial charge in [-0.25, -0.2) is 57.4 Å². The Morgan fingerprint density at radius 2 is 1.29 bits per heavy atom.